The van der Waals surface area contributed by atoms with Crippen molar-refractivity contribution in [2.24, 2.45) is 5.73 Å². The lowest BCUT2D eigenvalue weighted by Crippen LogP contribution is -2.16. The van der Waals surface area contributed by atoms with Crippen molar-refractivity contribution in [1.82, 2.24) is 0 Å². The Hall–Kier alpha value is -0.340. The molecule has 0 fully saturated rings. The molecule has 1 nitrogen and oxygen atoms in total. The third kappa shape index (κ3) is 1.29. The van der Waals surface area contributed by atoms with Gasteiger partial charge in [-0.05, 0) is 44.4 Å². The number of thiophene rings is 1. The molecule has 2 heteroatoms. The van der Waals surface area contributed by atoms with E-state index < -0.39 is 0 Å². The van der Waals surface area contributed by atoms with Gasteiger partial charge in [0.25, 0.3) is 0 Å². The second kappa shape index (κ2) is 3.19. The number of aryl methyl sites for hydroxylation is 2. The molecule has 1 aromatic heterocycles. The van der Waals surface area contributed by atoms with Gasteiger partial charge in [-0.15, -0.1) is 11.3 Å². The van der Waals surface area contributed by atoms with E-state index in [0.29, 0.717) is 5.92 Å². The molecule has 2 rings (SSSR count). The molecule has 1 atom stereocenters. The van der Waals surface area contributed by atoms with Gasteiger partial charge in [-0.1, -0.05) is 0 Å². The summed E-state index contributed by atoms with van der Waals surface area (Å²) in [5.74, 6) is 0.660. The van der Waals surface area contributed by atoms with E-state index >= 15 is 0 Å². The van der Waals surface area contributed by atoms with Gasteiger partial charge in [-0.2, -0.15) is 0 Å². The number of hydrogen-bond acceptors (Lipinski definition) is 2. The van der Waals surface area contributed by atoms with Crippen LogP contribution in [0.2, 0.25) is 0 Å². The first-order valence-electron chi connectivity index (χ1n) is 4.60. The van der Waals surface area contributed by atoms with Crippen molar-refractivity contribution in [3.8, 4) is 0 Å². The SMILES string of the molecule is Cc1cc2c(s1)C(CN)CCC2. The highest BCUT2D eigenvalue weighted by atomic mass is 32.1. The molecular weight excluding hydrogens is 166 g/mol. The molecule has 1 aromatic rings. The predicted octanol–water partition coefficient (Wildman–Crippen LogP) is 2.44. The molecular formula is C10H15NS. The zero-order valence-electron chi connectivity index (χ0n) is 7.47. The van der Waals surface area contributed by atoms with Crippen molar-refractivity contribution in [2.75, 3.05) is 6.54 Å². The van der Waals surface area contributed by atoms with Crippen molar-refractivity contribution >= 4 is 11.3 Å². The quantitative estimate of drug-likeness (QED) is 0.707. The third-order valence-electron chi connectivity index (χ3n) is 2.62. The summed E-state index contributed by atoms with van der Waals surface area (Å²) < 4.78 is 0. The highest BCUT2D eigenvalue weighted by Gasteiger charge is 2.20. The minimum Gasteiger partial charge on any atom is -0.330 e. The van der Waals surface area contributed by atoms with E-state index in [2.05, 4.69) is 13.0 Å². The van der Waals surface area contributed by atoms with Gasteiger partial charge in [0.1, 0.15) is 0 Å². The fourth-order valence-electron chi connectivity index (χ4n) is 2.02. The Morgan fingerprint density at radius 2 is 2.50 bits per heavy atom. The van der Waals surface area contributed by atoms with Gasteiger partial charge < -0.3 is 5.73 Å². The van der Waals surface area contributed by atoms with E-state index in [1.165, 1.54) is 24.1 Å². The van der Waals surface area contributed by atoms with E-state index in [4.69, 9.17) is 5.73 Å². The molecule has 66 valence electrons. The molecule has 1 unspecified atom stereocenters. The molecule has 12 heavy (non-hydrogen) atoms. The van der Waals surface area contributed by atoms with Crippen LogP contribution < -0.4 is 5.73 Å². The average Bonchev–Trinajstić information content (AvgIpc) is 2.44. The van der Waals surface area contributed by atoms with Crippen LogP contribution in [-0.2, 0) is 6.42 Å². The monoisotopic (exact) mass is 181 g/mol. The lowest BCUT2D eigenvalue weighted by molar-refractivity contribution is 0.571. The standard InChI is InChI=1S/C10H15NS/c1-7-5-8-3-2-4-9(6-11)10(8)12-7/h5,9H,2-4,6,11H2,1H3. The smallest absolute Gasteiger partial charge is 0.0124 e. The summed E-state index contributed by atoms with van der Waals surface area (Å²) in [7, 11) is 0. The minimum absolute atomic E-state index is 0.660. The highest BCUT2D eigenvalue weighted by molar-refractivity contribution is 7.12. The fraction of sp³-hybridized carbons (Fsp3) is 0.600. The Labute approximate surface area is 77.6 Å². The van der Waals surface area contributed by atoms with Crippen LogP contribution in [0.1, 0.15) is 34.1 Å². The maximum Gasteiger partial charge on any atom is 0.0124 e. The predicted molar refractivity (Wildman–Crippen MR) is 53.8 cm³/mol. The summed E-state index contributed by atoms with van der Waals surface area (Å²) >= 11 is 1.94. The van der Waals surface area contributed by atoms with Gasteiger partial charge in [0, 0.05) is 15.7 Å². The first-order chi connectivity index (χ1) is 5.81. The summed E-state index contributed by atoms with van der Waals surface area (Å²) in [6.45, 7) is 3.02. The molecule has 0 saturated heterocycles. The molecule has 1 aliphatic rings. The van der Waals surface area contributed by atoms with E-state index in [9.17, 15) is 0 Å². The van der Waals surface area contributed by atoms with Crippen LogP contribution >= 0.6 is 11.3 Å². The van der Waals surface area contributed by atoms with Crippen LogP contribution in [0.4, 0.5) is 0 Å². The van der Waals surface area contributed by atoms with Crippen molar-refractivity contribution in [3.05, 3.63) is 21.4 Å². The van der Waals surface area contributed by atoms with Crippen molar-refractivity contribution in [2.45, 2.75) is 32.1 Å². The average molecular weight is 181 g/mol. The van der Waals surface area contributed by atoms with Crippen LogP contribution in [0.5, 0.6) is 0 Å². The lowest BCUT2D eigenvalue weighted by atomic mass is 9.89. The number of hydrogen-bond donors (Lipinski definition) is 1. The maximum absolute atomic E-state index is 5.73. The van der Waals surface area contributed by atoms with Gasteiger partial charge in [-0.25, -0.2) is 0 Å². The molecule has 0 amide bonds. The van der Waals surface area contributed by atoms with Crippen LogP contribution in [0.25, 0.3) is 0 Å². The second-order valence-electron chi connectivity index (χ2n) is 3.57. The number of nitrogens with two attached hydrogens (primary N) is 1. The molecule has 1 aliphatic carbocycles. The Balaban J connectivity index is 2.36. The zero-order chi connectivity index (χ0) is 8.55. The third-order valence-corrected chi connectivity index (χ3v) is 3.87. The maximum atomic E-state index is 5.73. The van der Waals surface area contributed by atoms with Crippen LogP contribution in [0, 0.1) is 6.92 Å². The van der Waals surface area contributed by atoms with Gasteiger partial charge in [0.15, 0.2) is 0 Å². The Morgan fingerprint density at radius 1 is 1.67 bits per heavy atom. The topological polar surface area (TPSA) is 26.0 Å². The summed E-state index contributed by atoms with van der Waals surface area (Å²) in [5, 5.41) is 0. The highest BCUT2D eigenvalue weighted by Crippen LogP contribution is 2.36. The van der Waals surface area contributed by atoms with Gasteiger partial charge in [0.2, 0.25) is 0 Å². The molecule has 0 aliphatic heterocycles. The summed E-state index contributed by atoms with van der Waals surface area (Å²) in [4.78, 5) is 3.02. The normalized spacial score (nSPS) is 22.3. The molecule has 0 aromatic carbocycles. The van der Waals surface area contributed by atoms with Crippen molar-refractivity contribution in [3.63, 3.8) is 0 Å². The van der Waals surface area contributed by atoms with Gasteiger partial charge in [-0.3, -0.25) is 0 Å². The summed E-state index contributed by atoms with van der Waals surface area (Å²) in [6.07, 6.45) is 3.89. The van der Waals surface area contributed by atoms with Crippen LogP contribution in [0.3, 0.4) is 0 Å². The van der Waals surface area contributed by atoms with Gasteiger partial charge >= 0.3 is 0 Å². The Kier molecular flexibility index (Phi) is 2.20. The number of rotatable bonds is 1. The molecule has 0 bridgehead atoms. The van der Waals surface area contributed by atoms with Crippen molar-refractivity contribution in [1.29, 1.82) is 0 Å². The van der Waals surface area contributed by atoms with Crippen molar-refractivity contribution < 1.29 is 0 Å². The zero-order valence-corrected chi connectivity index (χ0v) is 8.29. The Bertz CT molecular complexity index is 277. The fourth-order valence-corrected chi connectivity index (χ4v) is 3.24. The number of fused-ring (bicyclic) bond motifs is 1. The first-order valence-corrected chi connectivity index (χ1v) is 5.42. The Morgan fingerprint density at radius 3 is 3.25 bits per heavy atom. The minimum atomic E-state index is 0.660. The van der Waals surface area contributed by atoms with E-state index in [0.717, 1.165) is 6.54 Å². The van der Waals surface area contributed by atoms with Crippen LogP contribution in [0.15, 0.2) is 6.07 Å². The van der Waals surface area contributed by atoms with E-state index in [1.54, 1.807) is 10.4 Å². The molecule has 0 spiro atoms. The van der Waals surface area contributed by atoms with E-state index in [1.807, 2.05) is 11.3 Å². The lowest BCUT2D eigenvalue weighted by Gasteiger charge is -2.20. The van der Waals surface area contributed by atoms with Gasteiger partial charge in [0.05, 0.1) is 0 Å². The summed E-state index contributed by atoms with van der Waals surface area (Å²) in [5.41, 5.74) is 7.30. The summed E-state index contributed by atoms with van der Waals surface area (Å²) in [6, 6.07) is 2.34. The van der Waals surface area contributed by atoms with E-state index in [-0.39, 0.29) is 0 Å². The first kappa shape index (κ1) is 8.27. The molecule has 0 radical (unpaired) electrons. The molecule has 2 N–H and O–H groups in total. The molecule has 1 heterocycles. The second-order valence-corrected chi connectivity index (χ2v) is 4.86. The largest absolute Gasteiger partial charge is 0.330 e. The molecule has 0 saturated carbocycles. The van der Waals surface area contributed by atoms with Crippen LogP contribution in [-0.4, -0.2) is 6.54 Å².